The zero-order chi connectivity index (χ0) is 18.5. The van der Waals surface area contributed by atoms with Crippen molar-refractivity contribution in [2.24, 2.45) is 9.81 Å². The molecule has 0 saturated heterocycles. The predicted molar refractivity (Wildman–Crippen MR) is 96.7 cm³/mol. The molecule has 4 rings (SSSR count). The first-order valence-corrected chi connectivity index (χ1v) is 10.2. The Morgan fingerprint density at radius 1 is 1.42 bits per heavy atom. The van der Waals surface area contributed by atoms with Gasteiger partial charge in [-0.3, -0.25) is 0 Å². The molecule has 1 aromatic rings. The average Bonchev–Trinajstić information content (AvgIpc) is 2.90. The summed E-state index contributed by atoms with van der Waals surface area (Å²) in [5.41, 5.74) is 4.16. The fourth-order valence-electron chi connectivity index (χ4n) is 4.64. The molecule has 138 valence electrons. The molecule has 7 heteroatoms. The van der Waals surface area contributed by atoms with E-state index in [-0.39, 0.29) is 11.4 Å². The molecule has 6 nitrogen and oxygen atoms in total. The quantitative estimate of drug-likeness (QED) is 0.586. The first-order valence-electron chi connectivity index (χ1n) is 8.87. The van der Waals surface area contributed by atoms with Crippen LogP contribution in [0.15, 0.2) is 28.2 Å². The normalized spacial score (nSPS) is 29.5. The highest BCUT2D eigenvalue weighted by atomic mass is 32.2. The van der Waals surface area contributed by atoms with Crippen molar-refractivity contribution in [1.82, 2.24) is 0 Å². The summed E-state index contributed by atoms with van der Waals surface area (Å²) in [5.74, 6) is 0.373. The van der Waals surface area contributed by atoms with Gasteiger partial charge >= 0.3 is 16.3 Å². The van der Waals surface area contributed by atoms with Gasteiger partial charge in [0.1, 0.15) is 0 Å². The monoisotopic (exact) mass is 375 g/mol. The molecule has 2 aliphatic carbocycles. The highest BCUT2D eigenvalue weighted by molar-refractivity contribution is 7.86. The zero-order valence-electron chi connectivity index (χ0n) is 14.8. The number of fused-ring (bicyclic) bond motifs is 5. The van der Waals surface area contributed by atoms with Gasteiger partial charge in [0.2, 0.25) is 0 Å². The van der Waals surface area contributed by atoms with Crippen LogP contribution in [0.3, 0.4) is 0 Å². The third-order valence-corrected chi connectivity index (χ3v) is 6.67. The van der Waals surface area contributed by atoms with E-state index in [0.717, 1.165) is 42.4 Å². The molecular formula is C19H21NO5S. The number of ether oxygens (including phenoxy) is 1. The summed E-state index contributed by atoms with van der Waals surface area (Å²) in [6.07, 6.45) is 6.59. The Hall–Kier alpha value is -2.15. The molecule has 0 N–H and O–H groups in total. The van der Waals surface area contributed by atoms with Crippen LogP contribution in [0.5, 0.6) is 5.75 Å². The van der Waals surface area contributed by atoms with Gasteiger partial charge in [0.15, 0.2) is 5.75 Å². The number of rotatable bonds is 2. The lowest BCUT2D eigenvalue weighted by atomic mass is 9.64. The maximum absolute atomic E-state index is 11.9. The highest BCUT2D eigenvalue weighted by Gasteiger charge is 2.47. The van der Waals surface area contributed by atoms with Gasteiger partial charge in [-0.25, -0.2) is 4.79 Å². The number of benzene rings is 1. The number of hydrogen-bond donors (Lipinski definition) is 0. The standard InChI is InChI=1S/C19H21NO5S/c1-3-24-18(21)10-12-4-6-16-14-5-7-17-15(11-20-26(22,23)25-17)13(14)8-9-19(12,16)2/h5,7,10-11,16H,3-4,6,8-9H2,1-2H3/b12-10+/t16-,19+/m0/s1. The molecule has 1 heterocycles. The van der Waals surface area contributed by atoms with Gasteiger partial charge < -0.3 is 8.92 Å². The minimum atomic E-state index is -3.87. The summed E-state index contributed by atoms with van der Waals surface area (Å²) >= 11 is 0. The number of allylic oxidation sites excluding steroid dienone is 1. The van der Waals surface area contributed by atoms with Gasteiger partial charge in [0.25, 0.3) is 0 Å². The van der Waals surface area contributed by atoms with E-state index in [1.54, 1.807) is 19.1 Å². The second-order valence-corrected chi connectivity index (χ2v) is 8.45. The fraction of sp³-hybridized carbons (Fsp3) is 0.474. The third kappa shape index (κ3) is 2.65. The van der Waals surface area contributed by atoms with E-state index in [9.17, 15) is 13.2 Å². The number of hydrogen-bond acceptors (Lipinski definition) is 5. The molecule has 0 unspecified atom stereocenters. The number of esters is 1. The summed E-state index contributed by atoms with van der Waals surface area (Å²) in [7, 11) is -3.87. The predicted octanol–water partition coefficient (Wildman–Crippen LogP) is 3.06. The van der Waals surface area contributed by atoms with E-state index in [0.29, 0.717) is 18.3 Å². The van der Waals surface area contributed by atoms with Crippen LogP contribution in [0.2, 0.25) is 0 Å². The average molecular weight is 375 g/mol. The van der Waals surface area contributed by atoms with Crippen molar-refractivity contribution >= 4 is 22.5 Å². The summed E-state index contributed by atoms with van der Waals surface area (Å²) in [4.78, 5) is 11.9. The van der Waals surface area contributed by atoms with Crippen LogP contribution >= 0.6 is 0 Å². The summed E-state index contributed by atoms with van der Waals surface area (Å²) in [5, 5.41) is 0. The summed E-state index contributed by atoms with van der Waals surface area (Å²) in [6.45, 7) is 4.40. The van der Waals surface area contributed by atoms with Crippen molar-refractivity contribution in [1.29, 1.82) is 0 Å². The Morgan fingerprint density at radius 3 is 3.00 bits per heavy atom. The summed E-state index contributed by atoms with van der Waals surface area (Å²) in [6, 6.07) is 3.69. The van der Waals surface area contributed by atoms with Gasteiger partial charge in [-0.1, -0.05) is 18.6 Å². The van der Waals surface area contributed by atoms with E-state index in [1.165, 1.54) is 11.8 Å². The molecule has 26 heavy (non-hydrogen) atoms. The lowest BCUT2D eigenvalue weighted by molar-refractivity contribution is -0.137. The Kier molecular flexibility index (Phi) is 3.95. The molecule has 0 amide bonds. The van der Waals surface area contributed by atoms with Gasteiger partial charge in [-0.05, 0) is 61.1 Å². The van der Waals surface area contributed by atoms with Crippen LogP contribution in [0, 0.1) is 5.41 Å². The Balaban J connectivity index is 1.73. The first-order chi connectivity index (χ1) is 12.3. The van der Waals surface area contributed by atoms with Gasteiger partial charge in [-0.2, -0.15) is 8.42 Å². The van der Waals surface area contributed by atoms with Crippen LogP contribution in [0.4, 0.5) is 0 Å². The molecule has 1 saturated carbocycles. The first kappa shape index (κ1) is 17.3. The molecule has 0 radical (unpaired) electrons. The summed E-state index contributed by atoms with van der Waals surface area (Å²) < 4.78 is 36.7. The van der Waals surface area contributed by atoms with E-state index in [2.05, 4.69) is 11.3 Å². The lowest BCUT2D eigenvalue weighted by Crippen LogP contribution is -2.29. The molecular weight excluding hydrogens is 354 g/mol. The Morgan fingerprint density at radius 2 is 2.23 bits per heavy atom. The Labute approximate surface area is 153 Å². The van der Waals surface area contributed by atoms with Crippen molar-refractivity contribution in [3.8, 4) is 5.75 Å². The lowest BCUT2D eigenvalue weighted by Gasteiger charge is -2.39. The van der Waals surface area contributed by atoms with Crippen LogP contribution in [-0.4, -0.2) is 27.2 Å². The van der Waals surface area contributed by atoms with E-state index in [1.807, 2.05) is 6.07 Å². The van der Waals surface area contributed by atoms with Crippen LogP contribution in [0.25, 0.3) is 0 Å². The zero-order valence-corrected chi connectivity index (χ0v) is 15.6. The molecule has 0 bridgehead atoms. The van der Waals surface area contributed by atoms with E-state index in [4.69, 9.17) is 8.92 Å². The molecule has 1 fully saturated rings. The SMILES string of the molecule is CCOC(=O)/C=C1\CC[C@H]2c3ccc4c(c3CC[C@]12C)C=NS(=O)(=O)O4. The number of nitrogens with zero attached hydrogens (tertiary/aromatic N) is 1. The van der Waals surface area contributed by atoms with E-state index >= 15 is 0 Å². The number of carbonyl (C=O) groups excluding carboxylic acids is 1. The van der Waals surface area contributed by atoms with Crippen LogP contribution in [0.1, 0.15) is 55.7 Å². The topological polar surface area (TPSA) is 82.0 Å². The number of carbonyl (C=O) groups is 1. The molecule has 1 aromatic carbocycles. The minimum Gasteiger partial charge on any atom is -0.463 e. The van der Waals surface area contributed by atoms with Crippen molar-refractivity contribution in [3.63, 3.8) is 0 Å². The van der Waals surface area contributed by atoms with Crippen molar-refractivity contribution in [2.75, 3.05) is 6.61 Å². The second-order valence-electron chi connectivity index (χ2n) is 7.22. The van der Waals surface area contributed by atoms with Crippen molar-refractivity contribution in [2.45, 2.75) is 45.4 Å². The molecule has 1 aliphatic heterocycles. The molecule has 0 spiro atoms. The van der Waals surface area contributed by atoms with Gasteiger partial charge in [0.05, 0.1) is 12.8 Å². The van der Waals surface area contributed by atoms with E-state index < -0.39 is 10.3 Å². The maximum Gasteiger partial charge on any atom is 0.428 e. The molecule has 3 aliphatic rings. The highest BCUT2D eigenvalue weighted by Crippen LogP contribution is 2.59. The molecule has 0 aromatic heterocycles. The largest absolute Gasteiger partial charge is 0.463 e. The fourth-order valence-corrected chi connectivity index (χ4v) is 5.29. The minimum absolute atomic E-state index is 0.0766. The van der Waals surface area contributed by atoms with Crippen molar-refractivity contribution in [3.05, 3.63) is 40.5 Å². The molecule has 2 atom stereocenters. The van der Waals surface area contributed by atoms with Gasteiger partial charge in [0, 0.05) is 11.6 Å². The third-order valence-electron chi connectivity index (χ3n) is 5.91. The van der Waals surface area contributed by atoms with Crippen LogP contribution < -0.4 is 4.18 Å². The van der Waals surface area contributed by atoms with Crippen molar-refractivity contribution < 1.29 is 22.1 Å². The smallest absolute Gasteiger partial charge is 0.428 e. The maximum atomic E-state index is 11.9. The van der Waals surface area contributed by atoms with Crippen LogP contribution in [-0.2, 0) is 26.3 Å². The van der Waals surface area contributed by atoms with Gasteiger partial charge in [-0.15, -0.1) is 4.40 Å². The Bertz CT molecular complexity index is 947. The second kappa shape index (κ2) is 5.94.